The van der Waals surface area contributed by atoms with E-state index in [0.29, 0.717) is 6.54 Å². The predicted molar refractivity (Wildman–Crippen MR) is 55.3 cm³/mol. The van der Waals surface area contributed by atoms with Gasteiger partial charge < -0.3 is 5.73 Å². The van der Waals surface area contributed by atoms with Crippen molar-refractivity contribution >= 4 is 16.3 Å². The SMILES string of the molecule is Cc1nc2scc(CCN)n2c1C. The molecule has 70 valence electrons. The Balaban J connectivity index is 2.63. The van der Waals surface area contributed by atoms with Crippen LogP contribution in [-0.4, -0.2) is 15.9 Å². The van der Waals surface area contributed by atoms with Crippen molar-refractivity contribution in [3.63, 3.8) is 0 Å². The molecule has 0 spiro atoms. The summed E-state index contributed by atoms with van der Waals surface area (Å²) in [6.45, 7) is 4.84. The third-order valence-corrected chi connectivity index (χ3v) is 3.18. The van der Waals surface area contributed by atoms with Crippen LogP contribution < -0.4 is 5.73 Å². The largest absolute Gasteiger partial charge is 0.330 e. The van der Waals surface area contributed by atoms with E-state index in [-0.39, 0.29) is 0 Å². The fourth-order valence-corrected chi connectivity index (χ4v) is 2.50. The Morgan fingerprint density at radius 2 is 2.31 bits per heavy atom. The van der Waals surface area contributed by atoms with Gasteiger partial charge in [0.25, 0.3) is 0 Å². The molecule has 2 heterocycles. The molecule has 2 aromatic rings. The van der Waals surface area contributed by atoms with E-state index in [1.807, 2.05) is 6.92 Å². The minimum atomic E-state index is 0.697. The maximum absolute atomic E-state index is 5.54. The van der Waals surface area contributed by atoms with Crippen LogP contribution in [0.1, 0.15) is 17.1 Å². The van der Waals surface area contributed by atoms with E-state index in [1.54, 1.807) is 11.3 Å². The Bertz CT molecular complexity index is 427. The first kappa shape index (κ1) is 8.72. The van der Waals surface area contributed by atoms with Gasteiger partial charge in [-0.1, -0.05) is 0 Å². The second-order valence-electron chi connectivity index (χ2n) is 3.17. The summed E-state index contributed by atoms with van der Waals surface area (Å²) < 4.78 is 2.20. The van der Waals surface area contributed by atoms with E-state index >= 15 is 0 Å². The summed E-state index contributed by atoms with van der Waals surface area (Å²) in [4.78, 5) is 5.54. The van der Waals surface area contributed by atoms with Gasteiger partial charge in [0.05, 0.1) is 5.69 Å². The molecular formula is C9H13N3S. The molecular weight excluding hydrogens is 182 g/mol. The molecule has 0 saturated carbocycles. The van der Waals surface area contributed by atoms with Gasteiger partial charge in [-0.2, -0.15) is 0 Å². The van der Waals surface area contributed by atoms with Crippen LogP contribution in [0.25, 0.3) is 4.96 Å². The van der Waals surface area contributed by atoms with Crippen LogP contribution in [0.3, 0.4) is 0 Å². The number of nitrogens with zero attached hydrogens (tertiary/aromatic N) is 2. The van der Waals surface area contributed by atoms with Crippen LogP contribution >= 0.6 is 11.3 Å². The van der Waals surface area contributed by atoms with Crippen molar-refractivity contribution in [2.75, 3.05) is 6.54 Å². The average molecular weight is 195 g/mol. The van der Waals surface area contributed by atoms with E-state index in [2.05, 4.69) is 21.7 Å². The second kappa shape index (κ2) is 3.12. The molecule has 0 fully saturated rings. The highest BCUT2D eigenvalue weighted by atomic mass is 32.1. The summed E-state index contributed by atoms with van der Waals surface area (Å²) in [5.74, 6) is 0. The maximum Gasteiger partial charge on any atom is 0.194 e. The molecule has 2 aromatic heterocycles. The molecule has 0 bridgehead atoms. The van der Waals surface area contributed by atoms with Crippen molar-refractivity contribution in [2.24, 2.45) is 5.73 Å². The van der Waals surface area contributed by atoms with Gasteiger partial charge in [-0.3, -0.25) is 4.40 Å². The van der Waals surface area contributed by atoms with Crippen molar-refractivity contribution in [3.8, 4) is 0 Å². The van der Waals surface area contributed by atoms with Gasteiger partial charge >= 0.3 is 0 Å². The topological polar surface area (TPSA) is 43.3 Å². The molecule has 3 nitrogen and oxygen atoms in total. The molecule has 0 aliphatic carbocycles. The Kier molecular flexibility index (Phi) is 2.09. The predicted octanol–water partition coefficient (Wildman–Crippen LogP) is 1.51. The summed E-state index contributed by atoms with van der Waals surface area (Å²) in [7, 11) is 0. The lowest BCUT2D eigenvalue weighted by Crippen LogP contribution is -2.05. The lowest BCUT2D eigenvalue weighted by Gasteiger charge is -1.98. The molecule has 0 aliphatic heterocycles. The second-order valence-corrected chi connectivity index (χ2v) is 4.00. The summed E-state index contributed by atoms with van der Waals surface area (Å²) in [6, 6.07) is 0. The van der Waals surface area contributed by atoms with Crippen LogP contribution in [-0.2, 0) is 6.42 Å². The Labute approximate surface area is 81.2 Å². The van der Waals surface area contributed by atoms with Crippen LogP contribution in [0, 0.1) is 13.8 Å². The number of fused-ring (bicyclic) bond motifs is 1. The van der Waals surface area contributed by atoms with Gasteiger partial charge in [0.15, 0.2) is 4.96 Å². The fourth-order valence-electron chi connectivity index (χ4n) is 1.49. The quantitative estimate of drug-likeness (QED) is 0.789. The Morgan fingerprint density at radius 1 is 1.54 bits per heavy atom. The molecule has 2 N–H and O–H groups in total. The van der Waals surface area contributed by atoms with Gasteiger partial charge in [-0.05, 0) is 20.4 Å². The van der Waals surface area contributed by atoms with Crippen molar-refractivity contribution in [1.29, 1.82) is 0 Å². The highest BCUT2D eigenvalue weighted by Crippen LogP contribution is 2.20. The van der Waals surface area contributed by atoms with Crippen LogP contribution in [0.15, 0.2) is 5.38 Å². The van der Waals surface area contributed by atoms with Crippen molar-refractivity contribution in [2.45, 2.75) is 20.3 Å². The van der Waals surface area contributed by atoms with Crippen molar-refractivity contribution < 1.29 is 0 Å². The molecule has 0 aliphatic rings. The van der Waals surface area contributed by atoms with Gasteiger partial charge in [-0.25, -0.2) is 4.98 Å². The number of imidazole rings is 1. The summed E-state index contributed by atoms with van der Waals surface area (Å²) in [6.07, 6.45) is 0.927. The molecule has 0 unspecified atom stereocenters. The van der Waals surface area contributed by atoms with Gasteiger partial charge in [-0.15, -0.1) is 11.3 Å². The highest BCUT2D eigenvalue weighted by Gasteiger charge is 2.09. The van der Waals surface area contributed by atoms with E-state index in [4.69, 9.17) is 5.73 Å². The number of hydrogen-bond donors (Lipinski definition) is 1. The van der Waals surface area contributed by atoms with Crippen LogP contribution in [0.5, 0.6) is 0 Å². The normalized spacial score (nSPS) is 11.3. The monoisotopic (exact) mass is 195 g/mol. The standard InChI is InChI=1S/C9H13N3S/c1-6-7(2)12-8(3-4-10)5-13-9(12)11-6/h5H,3-4,10H2,1-2H3. The van der Waals surface area contributed by atoms with Gasteiger partial charge in [0.2, 0.25) is 0 Å². The Hall–Kier alpha value is -0.870. The van der Waals surface area contributed by atoms with E-state index in [1.165, 1.54) is 11.4 Å². The zero-order valence-electron chi connectivity index (χ0n) is 7.87. The van der Waals surface area contributed by atoms with E-state index in [0.717, 1.165) is 17.1 Å². The third kappa shape index (κ3) is 1.26. The highest BCUT2D eigenvalue weighted by molar-refractivity contribution is 7.15. The molecule has 4 heteroatoms. The minimum absolute atomic E-state index is 0.697. The number of aromatic nitrogens is 2. The van der Waals surface area contributed by atoms with E-state index in [9.17, 15) is 0 Å². The zero-order valence-corrected chi connectivity index (χ0v) is 8.69. The molecule has 0 aromatic carbocycles. The first-order valence-electron chi connectivity index (χ1n) is 4.36. The van der Waals surface area contributed by atoms with E-state index < -0.39 is 0 Å². The maximum atomic E-state index is 5.54. The number of hydrogen-bond acceptors (Lipinski definition) is 3. The first-order valence-corrected chi connectivity index (χ1v) is 5.24. The third-order valence-electron chi connectivity index (χ3n) is 2.30. The number of rotatable bonds is 2. The summed E-state index contributed by atoms with van der Waals surface area (Å²) >= 11 is 1.69. The number of thiazole rings is 1. The molecule has 2 rings (SSSR count). The molecule has 0 radical (unpaired) electrons. The minimum Gasteiger partial charge on any atom is -0.330 e. The average Bonchev–Trinajstić information content (AvgIpc) is 2.58. The van der Waals surface area contributed by atoms with Gasteiger partial charge in [0, 0.05) is 23.2 Å². The summed E-state index contributed by atoms with van der Waals surface area (Å²) in [5.41, 5.74) is 9.17. The van der Waals surface area contributed by atoms with Crippen molar-refractivity contribution in [1.82, 2.24) is 9.38 Å². The zero-order chi connectivity index (χ0) is 9.42. The lowest BCUT2D eigenvalue weighted by molar-refractivity contribution is 0.893. The lowest BCUT2D eigenvalue weighted by atomic mass is 10.3. The number of aryl methyl sites for hydroxylation is 2. The van der Waals surface area contributed by atoms with Crippen molar-refractivity contribution in [3.05, 3.63) is 22.5 Å². The number of nitrogens with two attached hydrogens (primary N) is 1. The van der Waals surface area contributed by atoms with Gasteiger partial charge in [0.1, 0.15) is 0 Å². The van der Waals surface area contributed by atoms with Crippen LogP contribution in [0.2, 0.25) is 0 Å². The first-order chi connectivity index (χ1) is 6.24. The molecule has 0 amide bonds. The van der Waals surface area contributed by atoms with Crippen LogP contribution in [0.4, 0.5) is 0 Å². The summed E-state index contributed by atoms with van der Waals surface area (Å²) in [5, 5.41) is 2.14. The fraction of sp³-hybridized carbons (Fsp3) is 0.444. The molecule has 13 heavy (non-hydrogen) atoms. The molecule has 0 saturated heterocycles. The molecule has 0 atom stereocenters. The Morgan fingerprint density at radius 3 is 3.00 bits per heavy atom. The smallest absolute Gasteiger partial charge is 0.194 e.